The van der Waals surface area contributed by atoms with E-state index in [4.69, 9.17) is 9.47 Å². The third-order valence-electron chi connectivity index (χ3n) is 7.70. The lowest BCUT2D eigenvalue weighted by molar-refractivity contribution is 0.0784. The summed E-state index contributed by atoms with van der Waals surface area (Å²) in [5, 5.41) is 23.5. The number of methoxy groups -OCH3 is 2. The van der Waals surface area contributed by atoms with Crippen LogP contribution in [-0.4, -0.2) is 63.7 Å². The van der Waals surface area contributed by atoms with Crippen LogP contribution in [0.5, 0.6) is 17.4 Å². The van der Waals surface area contributed by atoms with Crippen molar-refractivity contribution < 1.29 is 14.6 Å². The number of hydrogen-bond acceptors (Lipinski definition) is 9. The lowest BCUT2D eigenvalue weighted by Gasteiger charge is -2.55. The molecule has 3 aromatic rings. The Bertz CT molecular complexity index is 1230. The van der Waals surface area contributed by atoms with Gasteiger partial charge in [0.2, 0.25) is 0 Å². The largest absolute Gasteiger partial charge is 0.507 e. The third kappa shape index (κ3) is 4.55. The highest BCUT2D eigenvalue weighted by molar-refractivity contribution is 5.73. The first-order valence-electron chi connectivity index (χ1n) is 12.4. The van der Waals surface area contributed by atoms with Crippen LogP contribution in [-0.2, 0) is 0 Å². The van der Waals surface area contributed by atoms with E-state index < -0.39 is 0 Å². The van der Waals surface area contributed by atoms with Gasteiger partial charge in [0.15, 0.2) is 17.4 Å². The first kappa shape index (κ1) is 24.2. The second-order valence-corrected chi connectivity index (χ2v) is 10.6. The number of hydrogen-bond donors (Lipinski definition) is 2. The van der Waals surface area contributed by atoms with Gasteiger partial charge in [-0.25, -0.2) is 9.97 Å². The predicted octanol–water partition coefficient (Wildman–Crippen LogP) is 4.21. The quantitative estimate of drug-likeness (QED) is 0.525. The molecule has 5 rings (SSSR count). The molecule has 2 aliphatic heterocycles. The summed E-state index contributed by atoms with van der Waals surface area (Å²) in [6.07, 6.45) is 9.22. The van der Waals surface area contributed by atoms with Gasteiger partial charge in [0.05, 0.1) is 26.0 Å². The van der Waals surface area contributed by atoms with E-state index in [1.165, 1.54) is 19.3 Å². The molecule has 9 heteroatoms. The molecule has 36 heavy (non-hydrogen) atoms. The summed E-state index contributed by atoms with van der Waals surface area (Å²) in [6.45, 7) is 4.67. The SMILES string of the molecule is COc1cc(-c2ccc(-c3ncc(N(C)[C@H]4C[C@]5(C)CCC[C@](C)(C4)N5)nn3)c(O)c2)cnc1OC. The minimum Gasteiger partial charge on any atom is -0.507 e. The Hall–Kier alpha value is -3.46. The zero-order valence-corrected chi connectivity index (χ0v) is 21.6. The normalized spacial score (nSPS) is 25.3. The number of benzene rings is 1. The Morgan fingerprint density at radius 3 is 2.33 bits per heavy atom. The minimum atomic E-state index is 0.0669. The zero-order chi connectivity index (χ0) is 25.5. The maximum atomic E-state index is 10.8. The molecule has 0 saturated carbocycles. The van der Waals surface area contributed by atoms with Crippen LogP contribution in [0.15, 0.2) is 36.7 Å². The van der Waals surface area contributed by atoms with Crippen LogP contribution in [0.4, 0.5) is 5.82 Å². The molecule has 0 amide bonds. The summed E-state index contributed by atoms with van der Waals surface area (Å²) < 4.78 is 10.5. The number of aromatic nitrogens is 4. The predicted molar refractivity (Wildman–Crippen MR) is 138 cm³/mol. The summed E-state index contributed by atoms with van der Waals surface area (Å²) in [5.74, 6) is 2.11. The van der Waals surface area contributed by atoms with Gasteiger partial charge in [-0.15, -0.1) is 10.2 Å². The van der Waals surface area contributed by atoms with E-state index in [-0.39, 0.29) is 16.8 Å². The number of aromatic hydroxyl groups is 1. The Morgan fingerprint density at radius 2 is 1.72 bits per heavy atom. The van der Waals surface area contributed by atoms with Crippen LogP contribution in [0.3, 0.4) is 0 Å². The molecule has 0 radical (unpaired) electrons. The summed E-state index contributed by atoms with van der Waals surface area (Å²) in [6, 6.07) is 7.52. The molecule has 0 spiro atoms. The molecule has 2 aromatic heterocycles. The maximum Gasteiger partial charge on any atom is 0.256 e. The van der Waals surface area contributed by atoms with Crippen LogP contribution in [0.1, 0.15) is 46.0 Å². The van der Waals surface area contributed by atoms with Gasteiger partial charge in [0.25, 0.3) is 5.88 Å². The number of fused-ring (bicyclic) bond motifs is 2. The van der Waals surface area contributed by atoms with E-state index in [1.54, 1.807) is 38.7 Å². The second-order valence-electron chi connectivity index (χ2n) is 10.6. The number of rotatable bonds is 6. The Labute approximate surface area is 211 Å². The van der Waals surface area contributed by atoms with Gasteiger partial charge in [0, 0.05) is 35.9 Å². The van der Waals surface area contributed by atoms with Crippen LogP contribution in [0, 0.1) is 0 Å². The van der Waals surface area contributed by atoms with Gasteiger partial charge in [-0.1, -0.05) is 6.07 Å². The van der Waals surface area contributed by atoms with Crippen LogP contribution < -0.4 is 19.7 Å². The molecular formula is C27H34N6O3. The number of nitrogens with zero attached hydrogens (tertiary/aromatic N) is 5. The third-order valence-corrected chi connectivity index (χ3v) is 7.70. The molecule has 2 N–H and O–H groups in total. The number of pyridine rings is 1. The summed E-state index contributed by atoms with van der Waals surface area (Å²) in [7, 11) is 5.18. The van der Waals surface area contributed by atoms with E-state index in [1.807, 2.05) is 12.1 Å². The molecule has 190 valence electrons. The van der Waals surface area contributed by atoms with Crippen molar-refractivity contribution in [1.82, 2.24) is 25.5 Å². The van der Waals surface area contributed by atoms with Crippen molar-refractivity contribution in [1.29, 1.82) is 0 Å². The average Bonchev–Trinajstić information content (AvgIpc) is 2.86. The second kappa shape index (κ2) is 9.20. The summed E-state index contributed by atoms with van der Waals surface area (Å²) in [5.41, 5.74) is 2.40. The van der Waals surface area contributed by atoms with Crippen molar-refractivity contribution in [2.24, 2.45) is 0 Å². The first-order valence-corrected chi connectivity index (χ1v) is 12.4. The number of ether oxygens (including phenoxy) is 2. The standard InChI is InChI=1S/C27H34N6O3/c1-26-9-6-10-27(2,32-26)14-19(13-26)33(3)23-16-28-24(31-30-23)20-8-7-17(11-21(20)34)18-12-22(35-4)25(36-5)29-15-18/h7-8,11-12,15-16,19,32,34H,6,9-10,13-14H2,1-5H3/t19-,26-,27+. The number of phenolic OH excluding ortho intramolecular Hbond substituents is 1. The molecule has 3 atom stereocenters. The lowest BCUT2D eigenvalue weighted by atomic mass is 9.69. The molecule has 4 heterocycles. The van der Waals surface area contributed by atoms with Crippen molar-refractivity contribution in [3.63, 3.8) is 0 Å². The molecule has 1 aromatic carbocycles. The maximum absolute atomic E-state index is 10.8. The molecule has 9 nitrogen and oxygen atoms in total. The van der Waals surface area contributed by atoms with Gasteiger partial charge in [-0.05, 0) is 69.7 Å². The van der Waals surface area contributed by atoms with Crippen molar-refractivity contribution in [2.45, 2.75) is 63.1 Å². The molecule has 2 saturated heterocycles. The van der Waals surface area contributed by atoms with Crippen molar-refractivity contribution in [3.8, 4) is 39.9 Å². The van der Waals surface area contributed by atoms with Crippen LogP contribution in [0.2, 0.25) is 0 Å². The Kier molecular flexibility index (Phi) is 6.20. The molecule has 0 aliphatic carbocycles. The van der Waals surface area contributed by atoms with E-state index in [9.17, 15) is 5.11 Å². The van der Waals surface area contributed by atoms with E-state index in [0.29, 0.717) is 29.1 Å². The van der Waals surface area contributed by atoms with Crippen molar-refractivity contribution in [3.05, 3.63) is 36.7 Å². The lowest BCUT2D eigenvalue weighted by Crippen LogP contribution is -2.66. The van der Waals surface area contributed by atoms with E-state index in [2.05, 4.69) is 51.3 Å². The topological polar surface area (TPSA) is 106 Å². The number of anilines is 1. The minimum absolute atomic E-state index is 0.0669. The highest BCUT2D eigenvalue weighted by Crippen LogP contribution is 2.42. The van der Waals surface area contributed by atoms with Gasteiger partial charge in [-0.3, -0.25) is 0 Å². The van der Waals surface area contributed by atoms with Crippen molar-refractivity contribution in [2.75, 3.05) is 26.2 Å². The van der Waals surface area contributed by atoms with Gasteiger partial charge < -0.3 is 24.8 Å². The molecule has 2 fully saturated rings. The summed E-state index contributed by atoms with van der Waals surface area (Å²) >= 11 is 0. The average molecular weight is 491 g/mol. The molecule has 0 unspecified atom stereocenters. The fourth-order valence-electron chi connectivity index (χ4n) is 5.95. The fourth-order valence-corrected chi connectivity index (χ4v) is 5.95. The zero-order valence-electron chi connectivity index (χ0n) is 21.6. The Balaban J connectivity index is 1.35. The van der Waals surface area contributed by atoms with Crippen molar-refractivity contribution >= 4 is 5.82 Å². The van der Waals surface area contributed by atoms with Crippen LogP contribution >= 0.6 is 0 Å². The fraction of sp³-hybridized carbons (Fsp3) is 0.481. The van der Waals surface area contributed by atoms with Gasteiger partial charge in [-0.2, -0.15) is 0 Å². The Morgan fingerprint density at radius 1 is 0.972 bits per heavy atom. The number of phenols is 1. The highest BCUT2D eigenvalue weighted by Gasteiger charge is 2.46. The number of nitrogens with one attached hydrogen (secondary N) is 1. The smallest absolute Gasteiger partial charge is 0.256 e. The van der Waals surface area contributed by atoms with Gasteiger partial charge >= 0.3 is 0 Å². The summed E-state index contributed by atoms with van der Waals surface area (Å²) in [4.78, 5) is 11.0. The molecule has 2 aliphatic rings. The number of piperidine rings is 2. The van der Waals surface area contributed by atoms with Crippen LogP contribution in [0.25, 0.3) is 22.5 Å². The molecule has 2 bridgehead atoms. The highest BCUT2D eigenvalue weighted by atomic mass is 16.5. The van der Waals surface area contributed by atoms with E-state index >= 15 is 0 Å². The molecular weight excluding hydrogens is 456 g/mol. The monoisotopic (exact) mass is 490 g/mol. The van der Waals surface area contributed by atoms with Gasteiger partial charge in [0.1, 0.15) is 5.75 Å². The van der Waals surface area contributed by atoms with E-state index in [0.717, 1.165) is 29.8 Å². The first-order chi connectivity index (χ1) is 17.2.